The summed E-state index contributed by atoms with van der Waals surface area (Å²) in [5, 5.41) is 3.19. The SMILES string of the molecule is CC1CN(C(=O)C2CNCCO2)CC1C. The van der Waals surface area contributed by atoms with E-state index in [0.29, 0.717) is 25.0 Å². The Kier molecular flexibility index (Phi) is 3.26. The topological polar surface area (TPSA) is 41.6 Å². The molecule has 0 aromatic heterocycles. The highest BCUT2D eigenvalue weighted by molar-refractivity contribution is 5.81. The fraction of sp³-hybridized carbons (Fsp3) is 0.909. The van der Waals surface area contributed by atoms with Gasteiger partial charge in [0.1, 0.15) is 6.10 Å². The highest BCUT2D eigenvalue weighted by atomic mass is 16.5. The van der Waals surface area contributed by atoms with Gasteiger partial charge in [-0.05, 0) is 11.8 Å². The van der Waals surface area contributed by atoms with Crippen LogP contribution in [0.25, 0.3) is 0 Å². The zero-order valence-corrected chi connectivity index (χ0v) is 9.53. The van der Waals surface area contributed by atoms with E-state index in [1.807, 2.05) is 4.90 Å². The van der Waals surface area contributed by atoms with Crippen molar-refractivity contribution >= 4 is 5.91 Å². The van der Waals surface area contributed by atoms with Crippen LogP contribution in [0.2, 0.25) is 0 Å². The Bertz CT molecular complexity index is 229. The standard InChI is InChI=1S/C11H20N2O2/c1-8-6-13(7-9(8)2)11(14)10-5-12-3-4-15-10/h8-10,12H,3-7H2,1-2H3. The monoisotopic (exact) mass is 212 g/mol. The number of nitrogens with zero attached hydrogens (tertiary/aromatic N) is 1. The van der Waals surface area contributed by atoms with Crippen LogP contribution in [0.3, 0.4) is 0 Å². The summed E-state index contributed by atoms with van der Waals surface area (Å²) in [6.45, 7) is 8.36. The van der Waals surface area contributed by atoms with Crippen LogP contribution in [-0.2, 0) is 9.53 Å². The summed E-state index contributed by atoms with van der Waals surface area (Å²) in [5.41, 5.74) is 0. The van der Waals surface area contributed by atoms with Crippen molar-refractivity contribution in [3.05, 3.63) is 0 Å². The molecule has 0 aromatic carbocycles. The molecule has 2 rings (SSSR count). The molecule has 2 heterocycles. The molecular formula is C11H20N2O2. The smallest absolute Gasteiger partial charge is 0.253 e. The summed E-state index contributed by atoms with van der Waals surface area (Å²) < 4.78 is 5.47. The fourth-order valence-electron chi connectivity index (χ4n) is 2.24. The molecule has 2 fully saturated rings. The van der Waals surface area contributed by atoms with Crippen molar-refractivity contribution in [2.45, 2.75) is 20.0 Å². The van der Waals surface area contributed by atoms with E-state index in [1.165, 1.54) is 0 Å². The molecule has 4 heteroatoms. The average molecular weight is 212 g/mol. The van der Waals surface area contributed by atoms with Crippen molar-refractivity contribution in [2.75, 3.05) is 32.8 Å². The Morgan fingerprint density at radius 2 is 2.00 bits per heavy atom. The van der Waals surface area contributed by atoms with Crippen molar-refractivity contribution in [2.24, 2.45) is 11.8 Å². The highest BCUT2D eigenvalue weighted by Gasteiger charge is 2.33. The maximum Gasteiger partial charge on any atom is 0.253 e. The molecule has 2 aliphatic rings. The third-order valence-electron chi connectivity index (χ3n) is 3.50. The minimum absolute atomic E-state index is 0.165. The summed E-state index contributed by atoms with van der Waals surface area (Å²) in [5.74, 6) is 1.40. The van der Waals surface area contributed by atoms with Crippen molar-refractivity contribution in [1.82, 2.24) is 10.2 Å². The lowest BCUT2D eigenvalue weighted by Gasteiger charge is -2.27. The summed E-state index contributed by atoms with van der Waals surface area (Å²) in [7, 11) is 0. The van der Waals surface area contributed by atoms with Crippen LogP contribution < -0.4 is 5.32 Å². The number of hydrogen-bond donors (Lipinski definition) is 1. The number of carbonyl (C=O) groups excluding carboxylic acids is 1. The van der Waals surface area contributed by atoms with E-state index in [9.17, 15) is 4.79 Å². The van der Waals surface area contributed by atoms with Gasteiger partial charge in [0.2, 0.25) is 0 Å². The highest BCUT2D eigenvalue weighted by Crippen LogP contribution is 2.23. The molecule has 0 spiro atoms. The first kappa shape index (κ1) is 10.9. The Balaban J connectivity index is 1.90. The van der Waals surface area contributed by atoms with Crippen LogP contribution in [0, 0.1) is 11.8 Å². The number of ether oxygens (including phenoxy) is 1. The minimum atomic E-state index is -0.253. The largest absolute Gasteiger partial charge is 0.366 e. The van der Waals surface area contributed by atoms with Gasteiger partial charge in [0.15, 0.2) is 0 Å². The van der Waals surface area contributed by atoms with Gasteiger partial charge in [0.05, 0.1) is 6.61 Å². The molecule has 15 heavy (non-hydrogen) atoms. The molecule has 2 aliphatic heterocycles. The molecule has 0 aliphatic carbocycles. The van der Waals surface area contributed by atoms with Gasteiger partial charge < -0.3 is 15.0 Å². The van der Waals surface area contributed by atoms with Gasteiger partial charge in [0.25, 0.3) is 5.91 Å². The first-order chi connectivity index (χ1) is 7.18. The van der Waals surface area contributed by atoms with E-state index in [0.717, 1.165) is 19.6 Å². The maximum atomic E-state index is 12.1. The summed E-state index contributed by atoms with van der Waals surface area (Å²) >= 11 is 0. The van der Waals surface area contributed by atoms with Crippen LogP contribution in [-0.4, -0.2) is 49.7 Å². The molecular weight excluding hydrogens is 192 g/mol. The second kappa shape index (κ2) is 4.49. The van der Waals surface area contributed by atoms with Crippen LogP contribution in [0.1, 0.15) is 13.8 Å². The zero-order valence-electron chi connectivity index (χ0n) is 9.53. The van der Waals surface area contributed by atoms with Crippen LogP contribution >= 0.6 is 0 Å². The molecule has 0 radical (unpaired) electrons. The molecule has 0 aromatic rings. The van der Waals surface area contributed by atoms with E-state index in [2.05, 4.69) is 19.2 Å². The molecule has 3 unspecified atom stereocenters. The molecule has 86 valence electrons. The number of morpholine rings is 1. The van der Waals surface area contributed by atoms with E-state index >= 15 is 0 Å². The molecule has 2 saturated heterocycles. The maximum absolute atomic E-state index is 12.1. The third kappa shape index (κ3) is 2.32. The van der Waals surface area contributed by atoms with Gasteiger partial charge in [-0.25, -0.2) is 0 Å². The van der Waals surface area contributed by atoms with Crippen molar-refractivity contribution < 1.29 is 9.53 Å². The van der Waals surface area contributed by atoms with E-state index < -0.39 is 0 Å². The van der Waals surface area contributed by atoms with Crippen LogP contribution in [0.4, 0.5) is 0 Å². The predicted molar refractivity (Wildman–Crippen MR) is 57.5 cm³/mol. The fourth-order valence-corrected chi connectivity index (χ4v) is 2.24. The number of amides is 1. The number of rotatable bonds is 1. The Morgan fingerprint density at radius 1 is 1.33 bits per heavy atom. The Labute approximate surface area is 91.0 Å². The van der Waals surface area contributed by atoms with Gasteiger partial charge in [-0.1, -0.05) is 13.8 Å². The quantitative estimate of drug-likeness (QED) is 0.670. The Hall–Kier alpha value is -0.610. The number of nitrogens with one attached hydrogen (secondary N) is 1. The van der Waals surface area contributed by atoms with Gasteiger partial charge in [-0.2, -0.15) is 0 Å². The normalized spacial score (nSPS) is 36.9. The number of hydrogen-bond acceptors (Lipinski definition) is 3. The predicted octanol–water partition coefficient (Wildman–Crippen LogP) is 0.0892. The van der Waals surface area contributed by atoms with Crippen molar-refractivity contribution in [3.8, 4) is 0 Å². The summed E-state index contributed by atoms with van der Waals surface area (Å²) in [6.07, 6.45) is -0.253. The Morgan fingerprint density at radius 3 is 2.53 bits per heavy atom. The summed E-state index contributed by atoms with van der Waals surface area (Å²) in [4.78, 5) is 14.0. The second-order valence-corrected chi connectivity index (χ2v) is 4.76. The van der Waals surface area contributed by atoms with Crippen molar-refractivity contribution in [3.63, 3.8) is 0 Å². The van der Waals surface area contributed by atoms with Crippen LogP contribution in [0.15, 0.2) is 0 Å². The van der Waals surface area contributed by atoms with Gasteiger partial charge >= 0.3 is 0 Å². The van der Waals surface area contributed by atoms with Crippen molar-refractivity contribution in [1.29, 1.82) is 0 Å². The minimum Gasteiger partial charge on any atom is -0.366 e. The average Bonchev–Trinajstić information content (AvgIpc) is 2.59. The molecule has 1 N–H and O–H groups in total. The summed E-state index contributed by atoms with van der Waals surface area (Å²) in [6, 6.07) is 0. The third-order valence-corrected chi connectivity index (χ3v) is 3.50. The lowest BCUT2D eigenvalue weighted by atomic mass is 10.0. The first-order valence-electron chi connectivity index (χ1n) is 5.79. The number of carbonyl (C=O) groups is 1. The van der Waals surface area contributed by atoms with Gasteiger partial charge in [-0.3, -0.25) is 4.79 Å². The van der Waals surface area contributed by atoms with E-state index in [1.54, 1.807) is 0 Å². The molecule has 3 atom stereocenters. The second-order valence-electron chi connectivity index (χ2n) is 4.76. The van der Waals surface area contributed by atoms with Crippen LogP contribution in [0.5, 0.6) is 0 Å². The first-order valence-corrected chi connectivity index (χ1v) is 5.79. The molecule has 4 nitrogen and oxygen atoms in total. The zero-order chi connectivity index (χ0) is 10.8. The van der Waals surface area contributed by atoms with Gasteiger partial charge in [0, 0.05) is 26.2 Å². The number of likely N-dealkylation sites (tertiary alicyclic amines) is 1. The van der Waals surface area contributed by atoms with E-state index in [4.69, 9.17) is 4.74 Å². The van der Waals surface area contributed by atoms with E-state index in [-0.39, 0.29) is 12.0 Å². The lowest BCUT2D eigenvalue weighted by Crippen LogP contribution is -2.48. The lowest BCUT2D eigenvalue weighted by molar-refractivity contribution is -0.144. The molecule has 1 amide bonds. The molecule has 0 bridgehead atoms. The van der Waals surface area contributed by atoms with Gasteiger partial charge in [-0.15, -0.1) is 0 Å². The molecule has 0 saturated carbocycles.